The van der Waals surface area contributed by atoms with Gasteiger partial charge in [0.05, 0.1) is 25.3 Å². The fraction of sp³-hybridized carbons (Fsp3) is 0.375. The second-order valence-electron chi connectivity index (χ2n) is 4.77. The number of oxazole rings is 1. The van der Waals surface area contributed by atoms with Crippen molar-refractivity contribution in [2.75, 3.05) is 6.61 Å². The Labute approximate surface area is 124 Å². The van der Waals surface area contributed by atoms with E-state index in [4.69, 9.17) is 9.15 Å². The Hall–Kier alpha value is -2.30. The van der Waals surface area contributed by atoms with Gasteiger partial charge < -0.3 is 14.5 Å². The Balaban J connectivity index is 1.85. The summed E-state index contributed by atoms with van der Waals surface area (Å²) in [5.74, 6) is 2.08. The summed E-state index contributed by atoms with van der Waals surface area (Å²) < 4.78 is 10.8. The molecule has 0 radical (unpaired) electrons. The van der Waals surface area contributed by atoms with Crippen LogP contribution < -0.4 is 10.1 Å². The number of hydrogen-bond donors (Lipinski definition) is 1. The molecule has 1 N–H and O–H groups in total. The van der Waals surface area contributed by atoms with E-state index in [9.17, 15) is 4.79 Å². The van der Waals surface area contributed by atoms with E-state index in [0.717, 1.165) is 17.0 Å². The second kappa shape index (κ2) is 6.92. The highest BCUT2D eigenvalue weighted by molar-refractivity contribution is 5.78. The minimum absolute atomic E-state index is 0.0485. The Kier molecular flexibility index (Phi) is 4.98. The quantitative estimate of drug-likeness (QED) is 0.887. The molecule has 0 saturated heterocycles. The van der Waals surface area contributed by atoms with E-state index in [1.54, 1.807) is 6.92 Å². The van der Waals surface area contributed by atoms with Crippen LogP contribution in [0.5, 0.6) is 5.75 Å². The molecule has 1 aromatic carbocycles. The number of amides is 1. The summed E-state index contributed by atoms with van der Waals surface area (Å²) in [6.07, 6.45) is 0.332. The lowest BCUT2D eigenvalue weighted by Gasteiger charge is -2.06. The van der Waals surface area contributed by atoms with Crippen LogP contribution in [0.3, 0.4) is 0 Å². The van der Waals surface area contributed by atoms with Gasteiger partial charge in [0.15, 0.2) is 5.89 Å². The first kappa shape index (κ1) is 15.1. The third-order valence-corrected chi connectivity index (χ3v) is 3.04. The zero-order valence-electron chi connectivity index (χ0n) is 12.6. The van der Waals surface area contributed by atoms with E-state index in [1.807, 2.05) is 38.1 Å². The third-order valence-electron chi connectivity index (χ3n) is 3.04. The molecule has 0 spiro atoms. The molecule has 21 heavy (non-hydrogen) atoms. The normalized spacial score (nSPS) is 10.4. The lowest BCUT2D eigenvalue weighted by molar-refractivity contribution is -0.120. The number of carbonyl (C=O) groups excluding carboxylic acids is 1. The number of nitrogens with zero attached hydrogens (tertiary/aromatic N) is 1. The van der Waals surface area contributed by atoms with Crippen molar-refractivity contribution in [3.63, 3.8) is 0 Å². The maximum Gasteiger partial charge on any atom is 0.224 e. The molecule has 1 heterocycles. The minimum Gasteiger partial charge on any atom is -0.494 e. The average molecular weight is 288 g/mol. The highest BCUT2D eigenvalue weighted by atomic mass is 16.5. The highest BCUT2D eigenvalue weighted by Gasteiger charge is 2.09. The van der Waals surface area contributed by atoms with Crippen molar-refractivity contribution in [2.24, 2.45) is 0 Å². The largest absolute Gasteiger partial charge is 0.494 e. The Bertz CT molecular complexity index is 602. The Morgan fingerprint density at radius 1 is 1.29 bits per heavy atom. The number of aryl methyl sites for hydroxylation is 2. The van der Waals surface area contributed by atoms with Crippen LogP contribution in [0, 0.1) is 13.8 Å². The predicted molar refractivity (Wildman–Crippen MR) is 79.1 cm³/mol. The molecule has 2 rings (SSSR count). The summed E-state index contributed by atoms with van der Waals surface area (Å²) >= 11 is 0. The molecule has 1 amide bonds. The Morgan fingerprint density at radius 2 is 2.00 bits per heavy atom. The summed E-state index contributed by atoms with van der Waals surface area (Å²) in [7, 11) is 0. The molecular formula is C16H20N2O3. The van der Waals surface area contributed by atoms with Gasteiger partial charge in [-0.05, 0) is 31.5 Å². The molecule has 0 aliphatic carbocycles. The first-order valence-electron chi connectivity index (χ1n) is 7.00. The van der Waals surface area contributed by atoms with Crippen LogP contribution in [-0.2, 0) is 17.8 Å². The number of carbonyl (C=O) groups is 1. The fourth-order valence-electron chi connectivity index (χ4n) is 2.03. The maximum atomic E-state index is 11.9. The standard InChI is InChI=1S/C16H20N2O3/c1-4-20-14-7-5-13(6-8-14)9-16(19)17-10-15-11(2)18-12(3)21-15/h5-8H,4,9-10H2,1-3H3,(H,17,19). The van der Waals surface area contributed by atoms with E-state index in [0.29, 0.717) is 31.2 Å². The molecule has 0 unspecified atom stereocenters. The molecule has 112 valence electrons. The van der Waals surface area contributed by atoms with E-state index >= 15 is 0 Å². The number of ether oxygens (including phenoxy) is 1. The monoisotopic (exact) mass is 288 g/mol. The van der Waals surface area contributed by atoms with Crippen molar-refractivity contribution in [2.45, 2.75) is 33.7 Å². The van der Waals surface area contributed by atoms with E-state index in [2.05, 4.69) is 10.3 Å². The first-order valence-corrected chi connectivity index (χ1v) is 7.00. The number of hydrogen-bond acceptors (Lipinski definition) is 4. The van der Waals surface area contributed by atoms with Gasteiger partial charge >= 0.3 is 0 Å². The topological polar surface area (TPSA) is 64.4 Å². The summed E-state index contributed by atoms with van der Waals surface area (Å²) in [6.45, 7) is 6.59. The maximum absolute atomic E-state index is 11.9. The van der Waals surface area contributed by atoms with Crippen molar-refractivity contribution in [1.82, 2.24) is 10.3 Å². The van der Waals surface area contributed by atoms with Gasteiger partial charge in [-0.1, -0.05) is 12.1 Å². The summed E-state index contributed by atoms with van der Waals surface area (Å²) in [5, 5.41) is 2.84. The number of aromatic nitrogens is 1. The molecule has 0 aliphatic heterocycles. The van der Waals surface area contributed by atoms with Gasteiger partial charge in [-0.25, -0.2) is 4.98 Å². The predicted octanol–water partition coefficient (Wildman–Crippen LogP) is 2.55. The van der Waals surface area contributed by atoms with Gasteiger partial charge in [-0.3, -0.25) is 4.79 Å². The van der Waals surface area contributed by atoms with Crippen LogP contribution in [0.2, 0.25) is 0 Å². The second-order valence-corrected chi connectivity index (χ2v) is 4.77. The molecule has 5 nitrogen and oxygen atoms in total. The molecule has 0 atom stereocenters. The molecule has 0 fully saturated rings. The van der Waals surface area contributed by atoms with Crippen LogP contribution in [0.1, 0.15) is 29.8 Å². The molecule has 0 aliphatic rings. The van der Waals surface area contributed by atoms with E-state index in [1.165, 1.54) is 0 Å². The van der Waals surface area contributed by atoms with Crippen LogP contribution in [0.4, 0.5) is 0 Å². The van der Waals surface area contributed by atoms with Crippen molar-refractivity contribution in [3.8, 4) is 5.75 Å². The SMILES string of the molecule is CCOc1ccc(CC(=O)NCc2oc(C)nc2C)cc1. The van der Waals surface area contributed by atoms with E-state index < -0.39 is 0 Å². The molecule has 5 heteroatoms. The van der Waals surface area contributed by atoms with Gasteiger partial charge in [0.25, 0.3) is 0 Å². The summed E-state index contributed by atoms with van der Waals surface area (Å²) in [4.78, 5) is 16.1. The molecule has 0 bridgehead atoms. The van der Waals surface area contributed by atoms with Crippen LogP contribution in [0.25, 0.3) is 0 Å². The molecule has 2 aromatic rings. The molecular weight excluding hydrogens is 268 g/mol. The molecule has 0 saturated carbocycles. The van der Waals surface area contributed by atoms with Crippen molar-refractivity contribution >= 4 is 5.91 Å². The number of benzene rings is 1. The van der Waals surface area contributed by atoms with Gasteiger partial charge in [0.1, 0.15) is 11.5 Å². The Morgan fingerprint density at radius 3 is 2.57 bits per heavy atom. The number of nitrogens with one attached hydrogen (secondary N) is 1. The smallest absolute Gasteiger partial charge is 0.224 e. The minimum atomic E-state index is -0.0485. The zero-order valence-corrected chi connectivity index (χ0v) is 12.6. The van der Waals surface area contributed by atoms with Gasteiger partial charge in [-0.15, -0.1) is 0 Å². The molecule has 1 aromatic heterocycles. The van der Waals surface area contributed by atoms with Crippen LogP contribution in [-0.4, -0.2) is 17.5 Å². The van der Waals surface area contributed by atoms with Gasteiger partial charge in [0, 0.05) is 6.92 Å². The van der Waals surface area contributed by atoms with Crippen molar-refractivity contribution in [3.05, 3.63) is 47.2 Å². The third kappa shape index (κ3) is 4.34. The summed E-state index contributed by atoms with van der Waals surface area (Å²) in [6, 6.07) is 7.54. The average Bonchev–Trinajstić information content (AvgIpc) is 2.77. The fourth-order valence-corrected chi connectivity index (χ4v) is 2.03. The lowest BCUT2D eigenvalue weighted by Crippen LogP contribution is -2.24. The highest BCUT2D eigenvalue weighted by Crippen LogP contribution is 2.13. The van der Waals surface area contributed by atoms with Crippen LogP contribution >= 0.6 is 0 Å². The van der Waals surface area contributed by atoms with Gasteiger partial charge in [-0.2, -0.15) is 0 Å². The van der Waals surface area contributed by atoms with Crippen molar-refractivity contribution in [1.29, 1.82) is 0 Å². The van der Waals surface area contributed by atoms with Crippen LogP contribution in [0.15, 0.2) is 28.7 Å². The number of rotatable bonds is 6. The van der Waals surface area contributed by atoms with E-state index in [-0.39, 0.29) is 5.91 Å². The van der Waals surface area contributed by atoms with Gasteiger partial charge in [0.2, 0.25) is 5.91 Å². The van der Waals surface area contributed by atoms with Crippen molar-refractivity contribution < 1.29 is 13.9 Å². The summed E-state index contributed by atoms with van der Waals surface area (Å²) in [5.41, 5.74) is 1.76. The first-order chi connectivity index (χ1) is 10.1. The lowest BCUT2D eigenvalue weighted by atomic mass is 10.1. The zero-order chi connectivity index (χ0) is 15.2.